The number of aliphatic imine (C=N–C) groups is 1. The summed E-state index contributed by atoms with van der Waals surface area (Å²) in [5.41, 5.74) is 0.939. The monoisotopic (exact) mass is 593 g/mol. The number of benzene rings is 3. The number of ether oxygens (including phenoxy) is 1. The zero-order chi connectivity index (χ0) is 29.2. The smallest absolute Gasteiger partial charge is 0.243 e. The number of nitrogens with one attached hydrogen (secondary N) is 2. The maximum atomic E-state index is 14.1. The molecule has 214 valence electrons. The molecule has 2 aliphatic heterocycles. The van der Waals surface area contributed by atoms with E-state index in [4.69, 9.17) is 16.3 Å². The van der Waals surface area contributed by atoms with Crippen molar-refractivity contribution in [3.8, 4) is 11.9 Å². The first-order valence-electron chi connectivity index (χ1n) is 13.4. The van der Waals surface area contributed by atoms with Gasteiger partial charge >= 0.3 is 0 Å². The molecular formula is C30H32ClN5O4S. The Morgan fingerprint density at radius 2 is 1.85 bits per heavy atom. The minimum Gasteiger partial charge on any atom is -0.485 e. The van der Waals surface area contributed by atoms with Crippen LogP contribution in [0.4, 0.5) is 5.69 Å². The quantitative estimate of drug-likeness (QED) is 0.157. The maximum Gasteiger partial charge on any atom is 0.243 e. The first-order chi connectivity index (χ1) is 19.6. The molecule has 3 aromatic rings. The summed E-state index contributed by atoms with van der Waals surface area (Å²) >= 11 is 6.00. The van der Waals surface area contributed by atoms with Gasteiger partial charge in [0.05, 0.1) is 10.9 Å². The van der Waals surface area contributed by atoms with Crippen LogP contribution in [-0.4, -0.2) is 42.0 Å². The summed E-state index contributed by atoms with van der Waals surface area (Å²) in [6.45, 7) is 3.87. The molecular weight excluding hydrogens is 562 g/mol. The predicted molar refractivity (Wildman–Crippen MR) is 158 cm³/mol. The molecule has 1 unspecified atom stereocenters. The third kappa shape index (κ3) is 6.04. The molecule has 9 nitrogen and oxygen atoms in total. The Hall–Kier alpha value is -3.62. The number of hydrogen-bond donors (Lipinski definition) is 3. The fourth-order valence-corrected chi connectivity index (χ4v) is 7.18. The number of halogens is 1. The van der Waals surface area contributed by atoms with Crippen LogP contribution >= 0.6 is 11.6 Å². The van der Waals surface area contributed by atoms with Crippen LogP contribution in [0.25, 0.3) is 0 Å². The van der Waals surface area contributed by atoms with Crippen LogP contribution in [0, 0.1) is 11.5 Å². The number of sulfonamides is 1. The van der Waals surface area contributed by atoms with Crippen molar-refractivity contribution in [1.82, 2.24) is 9.62 Å². The number of piperidine rings is 1. The molecule has 41 heavy (non-hydrogen) atoms. The standard InChI is InChI=1S/C30H32ClN5O4S/c1-30(2)28(37)27(35-29(33-19-32)34-22-13-11-21(31)12-14-22)24-18-23(15-16-26(24)40-30)41(38,39)36-17-7-6-10-25(36)20-8-4-3-5-9-20/h3-5,8-9,11-16,18,25,27-28,37H,6-7,10,17H2,1-2H3,(H2,33,34,35)/t25?,27-,28+/m1/s1. The largest absolute Gasteiger partial charge is 0.485 e. The number of aliphatic hydroxyl groups excluding tert-OH is 1. The van der Waals surface area contributed by atoms with Gasteiger partial charge < -0.3 is 15.2 Å². The van der Waals surface area contributed by atoms with Crippen molar-refractivity contribution < 1.29 is 18.3 Å². The molecule has 0 aliphatic carbocycles. The van der Waals surface area contributed by atoms with Crippen LogP contribution in [0.3, 0.4) is 0 Å². The highest BCUT2D eigenvalue weighted by atomic mass is 35.5. The molecule has 5 rings (SSSR count). The van der Waals surface area contributed by atoms with E-state index in [1.165, 1.54) is 6.07 Å². The number of nitrogens with zero attached hydrogens (tertiary/aromatic N) is 3. The fraction of sp³-hybridized carbons (Fsp3) is 0.333. The molecule has 0 saturated carbocycles. The second-order valence-corrected chi connectivity index (χ2v) is 13.0. The van der Waals surface area contributed by atoms with Crippen molar-refractivity contribution in [2.75, 3.05) is 11.9 Å². The van der Waals surface area contributed by atoms with E-state index < -0.39 is 27.8 Å². The predicted octanol–water partition coefficient (Wildman–Crippen LogP) is 5.37. The second-order valence-electron chi connectivity index (χ2n) is 10.7. The summed E-state index contributed by atoms with van der Waals surface area (Å²) in [6.07, 6.45) is 3.16. The molecule has 2 heterocycles. The molecule has 0 radical (unpaired) electrons. The molecule has 1 fully saturated rings. The molecule has 0 amide bonds. The summed E-state index contributed by atoms with van der Waals surface area (Å²) in [4.78, 5) is 4.75. The minimum absolute atomic E-state index is 0.0796. The third-order valence-corrected chi connectivity index (χ3v) is 9.63. The number of anilines is 1. The lowest BCUT2D eigenvalue weighted by Gasteiger charge is -2.41. The zero-order valence-corrected chi connectivity index (χ0v) is 24.4. The lowest BCUT2D eigenvalue weighted by molar-refractivity contribution is -0.0568. The maximum absolute atomic E-state index is 14.1. The topological polar surface area (TPSA) is 127 Å². The van der Waals surface area contributed by atoms with Gasteiger partial charge in [-0.25, -0.2) is 13.4 Å². The van der Waals surface area contributed by atoms with Gasteiger partial charge in [0.25, 0.3) is 0 Å². The first kappa shape index (κ1) is 28.9. The molecule has 1 saturated heterocycles. The van der Waals surface area contributed by atoms with E-state index in [9.17, 15) is 18.8 Å². The lowest BCUT2D eigenvalue weighted by Crippen LogP contribution is -2.49. The lowest BCUT2D eigenvalue weighted by atomic mass is 9.87. The van der Waals surface area contributed by atoms with E-state index in [1.54, 1.807) is 54.6 Å². The van der Waals surface area contributed by atoms with E-state index in [0.717, 1.165) is 24.8 Å². The van der Waals surface area contributed by atoms with Crippen LogP contribution < -0.4 is 15.4 Å². The number of fused-ring (bicyclic) bond motifs is 1. The van der Waals surface area contributed by atoms with Crippen molar-refractivity contribution in [2.45, 2.75) is 61.8 Å². The van der Waals surface area contributed by atoms with Crippen LogP contribution in [0.1, 0.15) is 56.3 Å². The van der Waals surface area contributed by atoms with Crippen LogP contribution in [0.2, 0.25) is 5.02 Å². The summed E-state index contributed by atoms with van der Waals surface area (Å²) in [5.74, 6) is 0.491. The van der Waals surface area contributed by atoms with E-state index in [-0.39, 0.29) is 16.9 Å². The number of rotatable bonds is 5. The van der Waals surface area contributed by atoms with Crippen LogP contribution in [-0.2, 0) is 10.0 Å². The third-order valence-electron chi connectivity index (χ3n) is 7.48. The SMILES string of the molecule is CC1(C)Oc2ccc(S(=O)(=O)N3CCCCC3c3ccccc3)cc2[C@@H](N=C(NC#N)Nc2ccc(Cl)cc2)[C@@H]1O. The van der Waals surface area contributed by atoms with Gasteiger partial charge in [0.15, 0.2) is 6.19 Å². The number of nitriles is 1. The second kappa shape index (κ2) is 11.7. The Morgan fingerprint density at radius 3 is 2.56 bits per heavy atom. The summed E-state index contributed by atoms with van der Waals surface area (Å²) in [7, 11) is -3.90. The fourth-order valence-electron chi connectivity index (χ4n) is 5.34. The van der Waals surface area contributed by atoms with Crippen molar-refractivity contribution in [3.63, 3.8) is 0 Å². The normalized spacial score (nSPS) is 22.6. The van der Waals surface area contributed by atoms with Gasteiger partial charge in [-0.2, -0.15) is 9.57 Å². The number of hydrogen-bond acceptors (Lipinski definition) is 6. The minimum atomic E-state index is -3.90. The molecule has 0 aromatic heterocycles. The van der Waals surface area contributed by atoms with E-state index in [0.29, 0.717) is 28.6 Å². The highest BCUT2D eigenvalue weighted by Gasteiger charge is 2.44. The number of aliphatic hydroxyl groups is 1. The van der Waals surface area contributed by atoms with E-state index in [1.807, 2.05) is 36.5 Å². The van der Waals surface area contributed by atoms with Crippen molar-refractivity contribution >= 4 is 33.3 Å². The highest BCUT2D eigenvalue weighted by Crippen LogP contribution is 2.44. The van der Waals surface area contributed by atoms with Gasteiger partial charge in [-0.05, 0) is 74.7 Å². The zero-order valence-electron chi connectivity index (χ0n) is 22.8. The van der Waals surface area contributed by atoms with Crippen LogP contribution in [0.5, 0.6) is 5.75 Å². The van der Waals surface area contributed by atoms with Gasteiger partial charge in [-0.1, -0.05) is 48.4 Å². The van der Waals surface area contributed by atoms with Crippen LogP contribution in [0.15, 0.2) is 82.7 Å². The molecule has 3 aromatic carbocycles. The molecule has 11 heteroatoms. The molecule has 3 N–H and O–H groups in total. The van der Waals surface area contributed by atoms with Crippen molar-refractivity contribution in [2.24, 2.45) is 4.99 Å². The van der Waals surface area contributed by atoms with Crippen molar-refractivity contribution in [3.05, 3.63) is 88.9 Å². The van der Waals surface area contributed by atoms with Gasteiger partial charge in [-0.15, -0.1) is 0 Å². The number of guanidine groups is 1. The average molecular weight is 594 g/mol. The van der Waals surface area contributed by atoms with Gasteiger partial charge in [0.1, 0.15) is 23.5 Å². The Labute approximate surface area is 245 Å². The summed E-state index contributed by atoms with van der Waals surface area (Å²) in [6, 6.07) is 20.0. The summed E-state index contributed by atoms with van der Waals surface area (Å²) in [5, 5.41) is 26.8. The summed E-state index contributed by atoms with van der Waals surface area (Å²) < 4.78 is 35.8. The Morgan fingerprint density at radius 1 is 1.12 bits per heavy atom. The van der Waals surface area contributed by atoms with E-state index >= 15 is 0 Å². The van der Waals surface area contributed by atoms with Gasteiger partial charge in [0.2, 0.25) is 16.0 Å². The Kier molecular flexibility index (Phi) is 8.25. The van der Waals surface area contributed by atoms with E-state index in [2.05, 4.69) is 15.6 Å². The van der Waals surface area contributed by atoms with Crippen molar-refractivity contribution in [1.29, 1.82) is 5.26 Å². The molecule has 3 atom stereocenters. The highest BCUT2D eigenvalue weighted by molar-refractivity contribution is 7.89. The molecule has 2 aliphatic rings. The molecule has 0 spiro atoms. The molecule has 0 bridgehead atoms. The average Bonchev–Trinajstić information content (AvgIpc) is 2.97. The van der Waals surface area contributed by atoms with Gasteiger partial charge in [0, 0.05) is 22.8 Å². The Bertz CT molecular complexity index is 1570. The van der Waals surface area contributed by atoms with Gasteiger partial charge in [-0.3, -0.25) is 5.32 Å². The first-order valence-corrected chi connectivity index (χ1v) is 15.3. The Balaban J connectivity index is 1.55.